The molecule has 0 radical (unpaired) electrons. The third kappa shape index (κ3) is 4.67. The molecular formula is C23H33N5O4. The van der Waals surface area contributed by atoms with Crippen LogP contribution in [0.2, 0.25) is 0 Å². The van der Waals surface area contributed by atoms with Gasteiger partial charge in [0.05, 0.1) is 20.8 Å². The maximum absolute atomic E-state index is 12.7. The van der Waals surface area contributed by atoms with Crippen molar-refractivity contribution in [1.82, 2.24) is 19.2 Å². The molecule has 0 unspecified atom stereocenters. The van der Waals surface area contributed by atoms with Crippen molar-refractivity contribution in [2.75, 3.05) is 39.2 Å². The van der Waals surface area contributed by atoms with Gasteiger partial charge >= 0.3 is 5.69 Å². The Bertz CT molecular complexity index is 1000. The molecule has 2 aliphatic rings. The zero-order valence-electron chi connectivity index (χ0n) is 19.2. The zero-order valence-corrected chi connectivity index (χ0v) is 19.2. The van der Waals surface area contributed by atoms with Gasteiger partial charge < -0.3 is 14.8 Å². The molecule has 0 spiro atoms. The summed E-state index contributed by atoms with van der Waals surface area (Å²) in [5, 5.41) is 7.54. The molecule has 174 valence electrons. The molecule has 1 aromatic heterocycles. The number of benzene rings is 1. The second kappa shape index (κ2) is 9.77. The highest BCUT2D eigenvalue weighted by atomic mass is 16.5. The van der Waals surface area contributed by atoms with Crippen LogP contribution < -0.4 is 20.5 Å². The van der Waals surface area contributed by atoms with Crippen LogP contribution in [0.15, 0.2) is 23.0 Å². The molecule has 1 N–H and O–H groups in total. The topological polar surface area (TPSA) is 90.6 Å². The molecule has 1 saturated carbocycles. The number of nitrogens with zero attached hydrogens (tertiary/aromatic N) is 4. The van der Waals surface area contributed by atoms with Crippen molar-refractivity contribution in [2.45, 2.75) is 50.5 Å². The lowest BCUT2D eigenvalue weighted by Gasteiger charge is -2.31. The molecular weight excluding hydrogens is 410 g/mol. The van der Waals surface area contributed by atoms with Crippen LogP contribution in [-0.4, -0.2) is 59.0 Å². The van der Waals surface area contributed by atoms with Crippen LogP contribution in [0.5, 0.6) is 11.5 Å². The first-order chi connectivity index (χ1) is 15.5. The van der Waals surface area contributed by atoms with E-state index in [1.54, 1.807) is 39.5 Å². The van der Waals surface area contributed by atoms with E-state index in [9.17, 15) is 9.59 Å². The van der Waals surface area contributed by atoms with Crippen LogP contribution in [0.3, 0.4) is 0 Å². The van der Waals surface area contributed by atoms with Crippen molar-refractivity contribution in [1.29, 1.82) is 0 Å². The van der Waals surface area contributed by atoms with E-state index in [2.05, 4.69) is 15.3 Å². The summed E-state index contributed by atoms with van der Waals surface area (Å²) in [6.07, 6.45) is 6.28. The van der Waals surface area contributed by atoms with Crippen molar-refractivity contribution >= 4 is 11.6 Å². The number of ether oxygens (including phenoxy) is 2. The Balaban J connectivity index is 1.34. The molecule has 9 heteroatoms. The standard InChI is InChI=1S/C23H33N5O4/c1-26-23(30)28(18-6-4-5-7-18)22(25-26)16-10-12-27(13-11-16)15-21(29)24-17-8-9-19(31-2)20(14-17)32-3/h8-9,14,16,18H,4-7,10-13,15H2,1-3H3,(H,24,29). The average Bonchev–Trinajstić information content (AvgIpc) is 3.42. The highest BCUT2D eigenvalue weighted by Crippen LogP contribution is 2.33. The smallest absolute Gasteiger partial charge is 0.345 e. The van der Waals surface area contributed by atoms with E-state index < -0.39 is 0 Å². The minimum atomic E-state index is -0.0589. The molecule has 1 saturated heterocycles. The predicted octanol–water partition coefficient (Wildman–Crippen LogP) is 2.53. The molecule has 0 bridgehead atoms. The lowest BCUT2D eigenvalue weighted by molar-refractivity contribution is -0.117. The van der Waals surface area contributed by atoms with Gasteiger partial charge in [-0.25, -0.2) is 9.48 Å². The number of methoxy groups -OCH3 is 2. The molecule has 2 fully saturated rings. The zero-order chi connectivity index (χ0) is 22.7. The summed E-state index contributed by atoms with van der Waals surface area (Å²) < 4.78 is 14.0. The minimum Gasteiger partial charge on any atom is -0.493 e. The molecule has 32 heavy (non-hydrogen) atoms. The van der Waals surface area contributed by atoms with E-state index in [0.29, 0.717) is 23.7 Å². The average molecular weight is 444 g/mol. The molecule has 1 aliphatic carbocycles. The largest absolute Gasteiger partial charge is 0.493 e. The molecule has 1 aromatic carbocycles. The summed E-state index contributed by atoms with van der Waals surface area (Å²) in [6.45, 7) is 1.94. The predicted molar refractivity (Wildman–Crippen MR) is 122 cm³/mol. The summed E-state index contributed by atoms with van der Waals surface area (Å²) in [5.74, 6) is 2.33. The van der Waals surface area contributed by atoms with Crippen LogP contribution in [0, 0.1) is 0 Å². The summed E-state index contributed by atoms with van der Waals surface area (Å²) in [4.78, 5) is 27.4. The van der Waals surface area contributed by atoms with Gasteiger partial charge in [-0.2, -0.15) is 5.10 Å². The molecule has 2 aromatic rings. The number of hydrogen-bond acceptors (Lipinski definition) is 6. The number of carbonyl (C=O) groups is 1. The fourth-order valence-electron chi connectivity index (χ4n) is 4.95. The van der Waals surface area contributed by atoms with Crippen LogP contribution in [0.4, 0.5) is 5.69 Å². The van der Waals surface area contributed by atoms with Crippen molar-refractivity contribution in [3.05, 3.63) is 34.5 Å². The van der Waals surface area contributed by atoms with Gasteiger partial charge in [-0.15, -0.1) is 0 Å². The Hall–Kier alpha value is -2.81. The Morgan fingerprint density at radius 1 is 1.09 bits per heavy atom. The lowest BCUT2D eigenvalue weighted by atomic mass is 9.95. The Morgan fingerprint density at radius 2 is 1.78 bits per heavy atom. The van der Waals surface area contributed by atoms with Gasteiger partial charge in [0.15, 0.2) is 11.5 Å². The lowest BCUT2D eigenvalue weighted by Crippen LogP contribution is -2.39. The number of anilines is 1. The monoisotopic (exact) mass is 443 g/mol. The Morgan fingerprint density at radius 3 is 2.44 bits per heavy atom. The van der Waals surface area contributed by atoms with Gasteiger partial charge in [0.2, 0.25) is 5.91 Å². The van der Waals surface area contributed by atoms with E-state index in [1.807, 2.05) is 4.57 Å². The minimum absolute atomic E-state index is 0.00336. The van der Waals surface area contributed by atoms with Crippen molar-refractivity contribution in [2.24, 2.45) is 7.05 Å². The highest BCUT2D eigenvalue weighted by Gasteiger charge is 2.30. The normalized spacial score (nSPS) is 18.1. The number of likely N-dealkylation sites (tertiary alicyclic amines) is 1. The number of piperidine rings is 1. The van der Waals surface area contributed by atoms with E-state index in [4.69, 9.17) is 9.47 Å². The van der Waals surface area contributed by atoms with Crippen molar-refractivity contribution in [3.63, 3.8) is 0 Å². The fraction of sp³-hybridized carbons (Fsp3) is 0.609. The van der Waals surface area contributed by atoms with Crippen molar-refractivity contribution in [3.8, 4) is 11.5 Å². The van der Waals surface area contributed by atoms with Gasteiger partial charge in [0.1, 0.15) is 5.82 Å². The van der Waals surface area contributed by atoms with Crippen LogP contribution in [0.25, 0.3) is 0 Å². The van der Waals surface area contributed by atoms with Crippen LogP contribution in [-0.2, 0) is 11.8 Å². The summed E-state index contributed by atoms with van der Waals surface area (Å²) in [7, 11) is 4.89. The summed E-state index contributed by atoms with van der Waals surface area (Å²) in [5.41, 5.74) is 0.681. The first-order valence-corrected chi connectivity index (χ1v) is 11.4. The third-order valence-electron chi connectivity index (χ3n) is 6.66. The summed E-state index contributed by atoms with van der Waals surface area (Å²) in [6, 6.07) is 5.62. The Kier molecular flexibility index (Phi) is 6.83. The number of aromatic nitrogens is 3. The van der Waals surface area contributed by atoms with E-state index in [0.717, 1.165) is 44.6 Å². The highest BCUT2D eigenvalue weighted by molar-refractivity contribution is 5.92. The number of aryl methyl sites for hydroxylation is 1. The number of hydrogen-bond donors (Lipinski definition) is 1. The number of amides is 1. The molecule has 1 amide bonds. The third-order valence-corrected chi connectivity index (χ3v) is 6.66. The van der Waals surface area contributed by atoms with Gasteiger partial charge in [-0.3, -0.25) is 14.3 Å². The second-order valence-corrected chi connectivity index (χ2v) is 8.74. The number of rotatable bonds is 7. The number of nitrogens with one attached hydrogen (secondary N) is 1. The van der Waals surface area contributed by atoms with Gasteiger partial charge in [-0.05, 0) is 50.9 Å². The van der Waals surface area contributed by atoms with Crippen LogP contribution >= 0.6 is 0 Å². The first-order valence-electron chi connectivity index (χ1n) is 11.4. The van der Waals surface area contributed by atoms with Gasteiger partial charge in [-0.1, -0.05) is 12.8 Å². The molecule has 2 heterocycles. The van der Waals surface area contributed by atoms with Gasteiger partial charge in [0.25, 0.3) is 0 Å². The number of carbonyl (C=O) groups excluding carboxylic acids is 1. The molecule has 0 atom stereocenters. The molecule has 4 rings (SSSR count). The van der Waals surface area contributed by atoms with E-state index in [-0.39, 0.29) is 23.6 Å². The fourth-order valence-corrected chi connectivity index (χ4v) is 4.95. The van der Waals surface area contributed by atoms with E-state index in [1.165, 1.54) is 17.5 Å². The van der Waals surface area contributed by atoms with E-state index >= 15 is 0 Å². The quantitative estimate of drug-likeness (QED) is 0.707. The van der Waals surface area contributed by atoms with Crippen molar-refractivity contribution < 1.29 is 14.3 Å². The maximum Gasteiger partial charge on any atom is 0.345 e. The van der Waals surface area contributed by atoms with Gasteiger partial charge in [0, 0.05) is 30.8 Å². The second-order valence-electron chi connectivity index (χ2n) is 8.74. The SMILES string of the molecule is COc1ccc(NC(=O)CN2CCC(c3nn(C)c(=O)n3C3CCCC3)CC2)cc1OC. The maximum atomic E-state index is 12.7. The van der Waals surface area contributed by atoms with Crippen LogP contribution in [0.1, 0.15) is 56.3 Å². The first kappa shape index (κ1) is 22.4. The summed E-state index contributed by atoms with van der Waals surface area (Å²) >= 11 is 0. The molecule has 9 nitrogen and oxygen atoms in total. The molecule has 1 aliphatic heterocycles. The Labute approximate surface area is 188 Å².